The highest BCUT2D eigenvalue weighted by atomic mass is 35.5. The number of halogens is 2. The highest BCUT2D eigenvalue weighted by molar-refractivity contribution is 6.32. The molecule has 0 aromatic heterocycles. The molecule has 6 rings (SSSR count). The summed E-state index contributed by atoms with van der Waals surface area (Å²) in [4.78, 5) is 36.2. The van der Waals surface area contributed by atoms with E-state index in [0.29, 0.717) is 16.7 Å². The van der Waals surface area contributed by atoms with Crippen molar-refractivity contribution < 1.29 is 58.5 Å². The van der Waals surface area contributed by atoms with Crippen molar-refractivity contribution in [3.63, 3.8) is 0 Å². The predicted octanol–water partition coefficient (Wildman–Crippen LogP) is 2.35. The molecule has 15 heteroatoms. The lowest BCUT2D eigenvalue weighted by molar-refractivity contribution is -0.244. The second kappa shape index (κ2) is 11.7. The molecule has 13 nitrogen and oxygen atoms in total. The molecule has 3 aliphatic rings. The highest BCUT2D eigenvalue weighted by Gasteiger charge is 2.54. The minimum atomic E-state index is -1.60. The van der Waals surface area contributed by atoms with Crippen LogP contribution in [0.25, 0.3) is 0 Å². The van der Waals surface area contributed by atoms with Crippen molar-refractivity contribution >= 4 is 41.0 Å². The number of aliphatic hydroxyl groups excluding tert-OH is 3. The predicted molar refractivity (Wildman–Crippen MR) is 154 cm³/mol. The first-order valence-electron chi connectivity index (χ1n) is 13.5. The van der Waals surface area contributed by atoms with Gasteiger partial charge in [-0.1, -0.05) is 41.4 Å². The summed E-state index contributed by atoms with van der Waals surface area (Å²) in [5, 5.41) is 42.3. The Bertz CT molecular complexity index is 1720. The number of carboxylic acids is 1. The van der Waals surface area contributed by atoms with Crippen molar-refractivity contribution in [1.82, 2.24) is 5.32 Å². The van der Waals surface area contributed by atoms with E-state index in [1.54, 1.807) is 24.3 Å². The van der Waals surface area contributed by atoms with Crippen LogP contribution in [-0.4, -0.2) is 82.1 Å². The van der Waals surface area contributed by atoms with Gasteiger partial charge in [0.25, 0.3) is 0 Å². The quantitative estimate of drug-likeness (QED) is 0.233. The second-order valence-corrected chi connectivity index (χ2v) is 11.3. The van der Waals surface area contributed by atoms with Gasteiger partial charge in [0.05, 0.1) is 22.2 Å². The van der Waals surface area contributed by atoms with Crippen molar-refractivity contribution in [2.45, 2.75) is 43.2 Å². The molecule has 0 aliphatic carbocycles. The summed E-state index contributed by atoms with van der Waals surface area (Å²) < 4.78 is 29.3. The van der Waals surface area contributed by atoms with E-state index in [0.717, 1.165) is 0 Å². The fourth-order valence-electron chi connectivity index (χ4n) is 5.71. The lowest BCUT2D eigenvalue weighted by Gasteiger charge is -2.42. The van der Waals surface area contributed by atoms with Crippen LogP contribution in [0.4, 0.5) is 0 Å². The van der Waals surface area contributed by atoms with Gasteiger partial charge in [-0.15, -0.1) is 0 Å². The standard InChI is InChI=1S/C30H25Cl2NO12/c1-12(35)33-25-27(39)26(38)23(10-34)44-29(25)43-22-9-20-16(7-18(22)32)30(14-5-3-2-4-13(14)28(40)45-30)15-6-17(31)21(8-19(15)42-20)41-11-24(36)37/h2-9,23,25-27,29,34,38-39H,10-11H2,1H3,(H,33,35)(H,36,37)/t23-,25-,26-,27-,29-,30-/m0/s1. The van der Waals surface area contributed by atoms with Gasteiger partial charge in [0, 0.05) is 35.7 Å². The van der Waals surface area contributed by atoms with E-state index in [-0.39, 0.29) is 38.6 Å². The first kappa shape index (κ1) is 30.9. The summed E-state index contributed by atoms with van der Waals surface area (Å²) in [6, 6.07) is 11.1. The number of aliphatic hydroxyl groups is 3. The van der Waals surface area contributed by atoms with Crippen LogP contribution in [0.5, 0.6) is 23.0 Å². The van der Waals surface area contributed by atoms with E-state index in [1.165, 1.54) is 31.2 Å². The Balaban J connectivity index is 1.47. The number of ether oxygens (including phenoxy) is 5. The van der Waals surface area contributed by atoms with Crippen molar-refractivity contribution in [2.24, 2.45) is 0 Å². The molecule has 3 aromatic carbocycles. The van der Waals surface area contributed by atoms with Gasteiger partial charge in [-0.2, -0.15) is 0 Å². The monoisotopic (exact) mass is 661 g/mol. The highest BCUT2D eigenvalue weighted by Crippen LogP contribution is 2.58. The number of carbonyl (C=O) groups excluding carboxylic acids is 2. The Kier molecular flexibility index (Phi) is 8.01. The number of nitrogens with one attached hydrogen (secondary N) is 1. The van der Waals surface area contributed by atoms with Gasteiger partial charge in [0.15, 0.2) is 12.2 Å². The fourth-order valence-corrected chi connectivity index (χ4v) is 6.13. The van der Waals surface area contributed by atoms with Crippen LogP contribution in [0, 0.1) is 0 Å². The molecule has 5 N–H and O–H groups in total. The van der Waals surface area contributed by atoms with Crippen LogP contribution in [0.15, 0.2) is 48.5 Å². The number of aliphatic carboxylic acids is 1. The molecule has 1 fully saturated rings. The molecule has 1 amide bonds. The van der Waals surface area contributed by atoms with Crippen LogP contribution in [0.3, 0.4) is 0 Å². The lowest BCUT2D eigenvalue weighted by atomic mass is 9.77. The number of carbonyl (C=O) groups is 3. The molecular weight excluding hydrogens is 637 g/mol. The number of fused-ring (bicyclic) bond motifs is 6. The zero-order valence-electron chi connectivity index (χ0n) is 23.2. The number of benzene rings is 3. The van der Waals surface area contributed by atoms with Gasteiger partial charge in [-0.05, 0) is 18.2 Å². The summed E-state index contributed by atoms with van der Waals surface area (Å²) in [6.45, 7) is -0.144. The summed E-state index contributed by atoms with van der Waals surface area (Å²) >= 11 is 13.2. The van der Waals surface area contributed by atoms with E-state index in [2.05, 4.69) is 5.32 Å². The maximum atomic E-state index is 13.2. The second-order valence-electron chi connectivity index (χ2n) is 10.5. The van der Waals surface area contributed by atoms with E-state index in [1.807, 2.05) is 0 Å². The third-order valence-electron chi connectivity index (χ3n) is 7.66. The summed E-state index contributed by atoms with van der Waals surface area (Å²) in [5.41, 5.74) is -0.241. The van der Waals surface area contributed by atoms with Crippen molar-refractivity contribution in [3.05, 3.63) is 80.8 Å². The maximum absolute atomic E-state index is 13.2. The van der Waals surface area contributed by atoms with E-state index in [9.17, 15) is 29.7 Å². The third kappa shape index (κ3) is 5.21. The molecule has 236 valence electrons. The third-order valence-corrected chi connectivity index (χ3v) is 8.25. The molecular formula is C30H25Cl2NO12. The van der Waals surface area contributed by atoms with Crippen LogP contribution in [0.2, 0.25) is 10.0 Å². The normalized spacial score (nSPS) is 26.2. The molecule has 0 radical (unpaired) electrons. The molecule has 0 bridgehead atoms. The average Bonchev–Trinajstić information content (AvgIpc) is 3.29. The zero-order chi connectivity index (χ0) is 32.2. The van der Waals surface area contributed by atoms with E-state index < -0.39 is 67.3 Å². The summed E-state index contributed by atoms with van der Waals surface area (Å²) in [5.74, 6) is -2.24. The molecule has 1 saturated heterocycles. The maximum Gasteiger partial charge on any atom is 0.341 e. The first-order chi connectivity index (χ1) is 21.4. The van der Waals surface area contributed by atoms with Crippen molar-refractivity contribution in [3.8, 4) is 23.0 Å². The first-order valence-corrected chi connectivity index (χ1v) is 14.3. The minimum absolute atomic E-state index is 0.00388. The molecule has 3 aliphatic heterocycles. The molecule has 1 spiro atoms. The fraction of sp³-hybridized carbons (Fsp3) is 0.300. The van der Waals surface area contributed by atoms with Crippen LogP contribution in [-0.2, 0) is 24.7 Å². The van der Waals surface area contributed by atoms with Gasteiger partial charge in [0.1, 0.15) is 47.4 Å². The Morgan fingerprint density at radius 3 is 2.27 bits per heavy atom. The molecule has 3 heterocycles. The molecule has 0 unspecified atom stereocenters. The van der Waals surface area contributed by atoms with Crippen molar-refractivity contribution in [2.75, 3.05) is 13.2 Å². The zero-order valence-corrected chi connectivity index (χ0v) is 24.7. The number of hydrogen-bond acceptors (Lipinski definition) is 11. The SMILES string of the molecule is CC(=O)N[C@@H]1[C@@H](Oc2cc3c(cc2Cl)[C@@]2(OC(=O)c4ccccc42)c2cc(Cl)c(OCC(=O)O)cc2O3)O[C@@H](CO)[C@H](O)[C@H]1O. The number of amides is 1. The van der Waals surface area contributed by atoms with Crippen LogP contribution < -0.4 is 19.5 Å². The van der Waals surface area contributed by atoms with Gasteiger partial charge in [-0.3, -0.25) is 4.79 Å². The molecule has 0 saturated carbocycles. The van der Waals surface area contributed by atoms with Crippen molar-refractivity contribution in [1.29, 1.82) is 0 Å². The number of hydrogen-bond donors (Lipinski definition) is 5. The largest absolute Gasteiger partial charge is 0.480 e. The number of esters is 1. The number of rotatable bonds is 7. The Labute approximate surface area is 264 Å². The number of carboxylic acid groups (broad SMARTS) is 1. The topological polar surface area (TPSA) is 190 Å². The molecule has 3 aromatic rings. The molecule has 6 atom stereocenters. The Hall–Kier alpha value is -4.11. The van der Waals surface area contributed by atoms with Gasteiger partial charge in [0.2, 0.25) is 12.2 Å². The van der Waals surface area contributed by atoms with Crippen LogP contribution >= 0.6 is 23.2 Å². The smallest absolute Gasteiger partial charge is 0.341 e. The van der Waals surface area contributed by atoms with Gasteiger partial charge in [-0.25, -0.2) is 9.59 Å². The lowest BCUT2D eigenvalue weighted by Crippen LogP contribution is -2.65. The Morgan fingerprint density at radius 2 is 1.62 bits per heavy atom. The van der Waals surface area contributed by atoms with E-state index >= 15 is 0 Å². The van der Waals surface area contributed by atoms with Gasteiger partial charge < -0.3 is 49.4 Å². The summed E-state index contributed by atoms with van der Waals surface area (Å²) in [7, 11) is 0. The Morgan fingerprint density at radius 1 is 0.978 bits per heavy atom. The minimum Gasteiger partial charge on any atom is -0.480 e. The molecule has 45 heavy (non-hydrogen) atoms. The van der Waals surface area contributed by atoms with Crippen LogP contribution in [0.1, 0.15) is 34.0 Å². The summed E-state index contributed by atoms with van der Waals surface area (Å²) in [6.07, 6.45) is -5.78. The van der Waals surface area contributed by atoms with E-state index in [4.69, 9.17) is 52.0 Å². The average molecular weight is 662 g/mol. The van der Waals surface area contributed by atoms with Gasteiger partial charge >= 0.3 is 11.9 Å².